The molecular formula is C29H62NO3S+. The Kier molecular flexibility index (Phi) is 20.9. The van der Waals surface area contributed by atoms with Crippen LogP contribution in [0.1, 0.15) is 156 Å². The molecule has 0 bridgehead atoms. The molecular weight excluding hydrogens is 442 g/mol. The standard InChI is InChI=1S/C29H61NO3S/c1-6-9-11-13-15-16-17-19-21-23-27-30(4,5)28(24-22-20-18-14-12-10-7-2)25-26-29(8-3)34(31,32)33/h28-29H,6-27H2,1-5H3/p+1. The minimum atomic E-state index is -3.94. The summed E-state index contributed by atoms with van der Waals surface area (Å²) in [6.45, 7) is 7.57. The van der Waals surface area contributed by atoms with E-state index in [-0.39, 0.29) is 0 Å². The molecule has 0 fully saturated rings. The topological polar surface area (TPSA) is 54.4 Å². The number of hydrogen-bond donors (Lipinski definition) is 1. The Labute approximate surface area is 215 Å². The first-order valence-electron chi connectivity index (χ1n) is 15.0. The van der Waals surface area contributed by atoms with E-state index in [1.165, 1.54) is 122 Å². The molecule has 1 N–H and O–H groups in total. The molecule has 0 aliphatic carbocycles. The highest BCUT2D eigenvalue weighted by atomic mass is 32.2. The summed E-state index contributed by atoms with van der Waals surface area (Å²) >= 11 is 0. The molecule has 0 rings (SSSR count). The Morgan fingerprint density at radius 1 is 0.588 bits per heavy atom. The van der Waals surface area contributed by atoms with Crippen molar-refractivity contribution in [3.05, 3.63) is 0 Å². The van der Waals surface area contributed by atoms with Crippen LogP contribution in [0.2, 0.25) is 0 Å². The van der Waals surface area contributed by atoms with Gasteiger partial charge >= 0.3 is 0 Å². The maximum absolute atomic E-state index is 11.7. The van der Waals surface area contributed by atoms with E-state index in [2.05, 4.69) is 27.9 Å². The van der Waals surface area contributed by atoms with E-state index in [4.69, 9.17) is 0 Å². The van der Waals surface area contributed by atoms with Gasteiger partial charge in [-0.05, 0) is 38.5 Å². The van der Waals surface area contributed by atoms with E-state index in [9.17, 15) is 13.0 Å². The Morgan fingerprint density at radius 3 is 1.41 bits per heavy atom. The van der Waals surface area contributed by atoms with Gasteiger partial charge in [0, 0.05) is 6.42 Å². The van der Waals surface area contributed by atoms with Crippen molar-refractivity contribution >= 4 is 10.1 Å². The summed E-state index contributed by atoms with van der Waals surface area (Å²) in [5.74, 6) is 0. The number of quaternary nitrogens is 1. The molecule has 0 heterocycles. The largest absolute Gasteiger partial charge is 0.326 e. The average Bonchev–Trinajstić information content (AvgIpc) is 2.77. The fourth-order valence-electron chi connectivity index (χ4n) is 5.31. The van der Waals surface area contributed by atoms with Gasteiger partial charge in [-0.25, -0.2) is 0 Å². The van der Waals surface area contributed by atoms with Crippen LogP contribution >= 0.6 is 0 Å². The summed E-state index contributed by atoms with van der Waals surface area (Å²) in [7, 11) is 0.744. The third kappa shape index (κ3) is 18.2. The van der Waals surface area contributed by atoms with Gasteiger partial charge in [0.15, 0.2) is 0 Å². The molecule has 0 aliphatic rings. The Bertz CT molecular complexity index is 548. The van der Waals surface area contributed by atoms with Crippen LogP contribution in [-0.4, -0.2) is 49.4 Å². The second-order valence-electron chi connectivity index (χ2n) is 11.4. The third-order valence-electron chi connectivity index (χ3n) is 7.92. The number of nitrogens with zero attached hydrogens (tertiary/aromatic N) is 1. The maximum Gasteiger partial charge on any atom is 0.267 e. The molecule has 0 saturated carbocycles. The van der Waals surface area contributed by atoms with Crippen LogP contribution in [0, 0.1) is 0 Å². The minimum Gasteiger partial charge on any atom is -0.326 e. The molecule has 0 aromatic carbocycles. The van der Waals surface area contributed by atoms with Crippen LogP contribution in [0.3, 0.4) is 0 Å². The molecule has 0 amide bonds. The quantitative estimate of drug-likeness (QED) is 0.0766. The second-order valence-corrected chi connectivity index (χ2v) is 13.1. The van der Waals surface area contributed by atoms with E-state index in [0.29, 0.717) is 18.9 Å². The Hall–Kier alpha value is -0.130. The summed E-state index contributed by atoms with van der Waals surface area (Å²) in [5.41, 5.74) is 0. The summed E-state index contributed by atoms with van der Waals surface area (Å²) in [4.78, 5) is 0. The van der Waals surface area contributed by atoms with Crippen molar-refractivity contribution in [2.45, 2.75) is 167 Å². The summed E-state index contributed by atoms with van der Waals surface area (Å²) < 4.78 is 34.0. The molecule has 0 saturated heterocycles. The van der Waals surface area contributed by atoms with E-state index in [0.717, 1.165) is 10.9 Å². The highest BCUT2D eigenvalue weighted by Crippen LogP contribution is 2.24. The zero-order valence-electron chi connectivity index (χ0n) is 23.8. The van der Waals surface area contributed by atoms with E-state index in [1.807, 2.05) is 6.92 Å². The van der Waals surface area contributed by atoms with Crippen LogP contribution in [0.15, 0.2) is 0 Å². The van der Waals surface area contributed by atoms with Gasteiger partial charge in [0.1, 0.15) is 0 Å². The van der Waals surface area contributed by atoms with Gasteiger partial charge in [-0.1, -0.05) is 111 Å². The zero-order chi connectivity index (χ0) is 25.7. The first-order chi connectivity index (χ1) is 16.2. The first kappa shape index (κ1) is 33.9. The first-order valence-corrected chi connectivity index (χ1v) is 16.5. The van der Waals surface area contributed by atoms with Crippen molar-refractivity contribution in [1.29, 1.82) is 0 Å². The van der Waals surface area contributed by atoms with E-state index >= 15 is 0 Å². The van der Waals surface area contributed by atoms with E-state index in [1.54, 1.807) is 0 Å². The summed E-state index contributed by atoms with van der Waals surface area (Å²) in [6.07, 6.45) is 25.9. The zero-order valence-corrected chi connectivity index (χ0v) is 24.6. The molecule has 2 unspecified atom stereocenters. The van der Waals surface area contributed by atoms with Crippen molar-refractivity contribution < 1.29 is 17.5 Å². The van der Waals surface area contributed by atoms with Crippen LogP contribution < -0.4 is 0 Å². The average molecular weight is 505 g/mol. The highest BCUT2D eigenvalue weighted by molar-refractivity contribution is 7.86. The van der Waals surface area contributed by atoms with Gasteiger partial charge in [-0.3, -0.25) is 4.55 Å². The number of unbranched alkanes of at least 4 members (excludes halogenated alkanes) is 15. The minimum absolute atomic E-state index is 0.477. The molecule has 0 aromatic rings. The molecule has 2 atom stereocenters. The molecule has 0 aromatic heterocycles. The smallest absolute Gasteiger partial charge is 0.267 e. The lowest BCUT2D eigenvalue weighted by Crippen LogP contribution is -2.49. The summed E-state index contributed by atoms with van der Waals surface area (Å²) in [5, 5.41) is -0.610. The fraction of sp³-hybridized carbons (Fsp3) is 1.00. The Morgan fingerprint density at radius 2 is 1.00 bits per heavy atom. The van der Waals surface area contributed by atoms with Crippen LogP contribution in [-0.2, 0) is 10.1 Å². The monoisotopic (exact) mass is 504 g/mol. The molecule has 5 heteroatoms. The van der Waals surface area contributed by atoms with Crippen molar-refractivity contribution in [1.82, 2.24) is 0 Å². The van der Waals surface area contributed by atoms with Gasteiger partial charge in [-0.2, -0.15) is 8.42 Å². The maximum atomic E-state index is 11.7. The third-order valence-corrected chi connectivity index (χ3v) is 9.33. The lowest BCUT2D eigenvalue weighted by atomic mass is 9.97. The number of hydrogen-bond acceptors (Lipinski definition) is 2. The molecule has 34 heavy (non-hydrogen) atoms. The van der Waals surface area contributed by atoms with Crippen LogP contribution in [0.4, 0.5) is 0 Å². The lowest BCUT2D eigenvalue weighted by Gasteiger charge is -2.39. The van der Waals surface area contributed by atoms with Crippen molar-refractivity contribution in [3.8, 4) is 0 Å². The SMILES string of the molecule is CCCCCCCCCCCC[N+](C)(C)C(CCCCCCCCC)CCC(CC)S(=O)(=O)O. The molecule has 206 valence electrons. The van der Waals surface area contributed by atoms with Gasteiger partial charge < -0.3 is 4.48 Å². The van der Waals surface area contributed by atoms with Crippen molar-refractivity contribution in [3.63, 3.8) is 0 Å². The molecule has 0 aliphatic heterocycles. The molecule has 0 radical (unpaired) electrons. The fourth-order valence-corrected chi connectivity index (χ4v) is 6.17. The van der Waals surface area contributed by atoms with Gasteiger partial charge in [-0.15, -0.1) is 0 Å². The Balaban J connectivity index is 4.50. The van der Waals surface area contributed by atoms with Crippen LogP contribution in [0.25, 0.3) is 0 Å². The van der Waals surface area contributed by atoms with Gasteiger partial charge in [0.05, 0.1) is 31.9 Å². The second kappa shape index (κ2) is 21.0. The molecule has 4 nitrogen and oxygen atoms in total. The normalized spacial score (nSPS) is 14.4. The van der Waals surface area contributed by atoms with Crippen molar-refractivity contribution in [2.75, 3.05) is 20.6 Å². The highest BCUT2D eigenvalue weighted by Gasteiger charge is 2.30. The van der Waals surface area contributed by atoms with E-state index < -0.39 is 15.4 Å². The number of rotatable bonds is 25. The molecule has 0 spiro atoms. The summed E-state index contributed by atoms with van der Waals surface area (Å²) in [6, 6.07) is 0.477. The van der Waals surface area contributed by atoms with Gasteiger partial charge in [0.25, 0.3) is 10.1 Å². The van der Waals surface area contributed by atoms with Crippen LogP contribution in [0.5, 0.6) is 0 Å². The lowest BCUT2D eigenvalue weighted by molar-refractivity contribution is -0.916. The predicted molar refractivity (Wildman–Crippen MR) is 150 cm³/mol. The predicted octanol–water partition coefficient (Wildman–Crippen LogP) is 8.94. The van der Waals surface area contributed by atoms with Crippen molar-refractivity contribution in [2.24, 2.45) is 0 Å². The van der Waals surface area contributed by atoms with Gasteiger partial charge in [0.2, 0.25) is 0 Å².